The molecule has 0 saturated heterocycles. The summed E-state index contributed by atoms with van der Waals surface area (Å²) in [5.74, 6) is 3.86. The topological polar surface area (TPSA) is 36.9 Å². The average Bonchev–Trinajstić information content (AvgIpc) is 2.83. The van der Waals surface area contributed by atoms with Gasteiger partial charge in [-0.15, -0.1) is 0 Å². The van der Waals surface area contributed by atoms with Crippen LogP contribution in [0.1, 0.15) is 68.7 Å². The number of methoxy groups -OCH3 is 3. The minimum absolute atomic E-state index is 0.563. The fourth-order valence-electron chi connectivity index (χ4n) is 3.82. The van der Waals surface area contributed by atoms with Gasteiger partial charge in [-0.1, -0.05) is 57.4 Å². The van der Waals surface area contributed by atoms with Gasteiger partial charge in [0.05, 0.1) is 27.9 Å². The van der Waals surface area contributed by atoms with Crippen molar-refractivity contribution in [3.8, 4) is 23.0 Å². The van der Waals surface area contributed by atoms with E-state index in [1.807, 2.05) is 50.3 Å². The average molecular weight is 453 g/mol. The number of rotatable bonds is 13. The first kappa shape index (κ1) is 26.4. The summed E-state index contributed by atoms with van der Waals surface area (Å²) in [4.78, 5) is 0. The van der Waals surface area contributed by atoms with Crippen LogP contribution in [0.25, 0.3) is 18.2 Å². The van der Waals surface area contributed by atoms with Crippen molar-refractivity contribution in [1.82, 2.24) is 0 Å². The molecule has 4 nitrogen and oxygen atoms in total. The van der Waals surface area contributed by atoms with E-state index in [1.54, 1.807) is 21.3 Å². The van der Waals surface area contributed by atoms with Gasteiger partial charge in [0.25, 0.3) is 0 Å². The molecule has 0 amide bonds. The molecule has 2 aromatic carbocycles. The van der Waals surface area contributed by atoms with Crippen molar-refractivity contribution in [3.63, 3.8) is 0 Å². The first-order valence-corrected chi connectivity index (χ1v) is 11.9. The quantitative estimate of drug-likeness (QED) is 0.290. The first-order chi connectivity index (χ1) is 16.0. The Hall–Kier alpha value is -2.88. The van der Waals surface area contributed by atoms with E-state index in [-0.39, 0.29) is 0 Å². The van der Waals surface area contributed by atoms with Gasteiger partial charge in [0.2, 0.25) is 0 Å². The molecular formula is C29H40O4. The van der Waals surface area contributed by atoms with E-state index in [4.69, 9.17) is 18.9 Å². The van der Waals surface area contributed by atoms with Crippen LogP contribution in [0.5, 0.6) is 23.0 Å². The van der Waals surface area contributed by atoms with Gasteiger partial charge < -0.3 is 18.9 Å². The number of ether oxygens (including phenoxy) is 4. The van der Waals surface area contributed by atoms with Gasteiger partial charge in [0.15, 0.2) is 0 Å². The fraction of sp³-hybridized carbons (Fsp3) is 0.448. The first-order valence-electron chi connectivity index (χ1n) is 11.9. The largest absolute Gasteiger partial charge is 0.496 e. The van der Waals surface area contributed by atoms with Crippen molar-refractivity contribution in [1.29, 1.82) is 0 Å². The molecule has 2 aromatic rings. The maximum Gasteiger partial charge on any atom is 0.127 e. The summed E-state index contributed by atoms with van der Waals surface area (Å²) in [7, 11) is 5.06. The van der Waals surface area contributed by atoms with Crippen LogP contribution in [0.15, 0.2) is 30.3 Å². The molecule has 0 aliphatic heterocycles. The molecule has 1 unspecified atom stereocenters. The highest BCUT2D eigenvalue weighted by Crippen LogP contribution is 2.34. The zero-order chi connectivity index (χ0) is 24.2. The van der Waals surface area contributed by atoms with Gasteiger partial charge in [-0.05, 0) is 56.0 Å². The normalized spacial score (nSPS) is 12.3. The van der Waals surface area contributed by atoms with Crippen LogP contribution >= 0.6 is 0 Å². The Balaban J connectivity index is 2.40. The second-order valence-corrected chi connectivity index (χ2v) is 8.26. The van der Waals surface area contributed by atoms with Crippen molar-refractivity contribution in [2.24, 2.45) is 5.92 Å². The maximum atomic E-state index is 6.34. The molecule has 0 aliphatic rings. The molecule has 180 valence electrons. The lowest BCUT2D eigenvalue weighted by Crippen LogP contribution is -2.12. The van der Waals surface area contributed by atoms with Gasteiger partial charge in [0, 0.05) is 16.7 Å². The smallest absolute Gasteiger partial charge is 0.127 e. The van der Waals surface area contributed by atoms with E-state index in [9.17, 15) is 0 Å². The molecule has 0 aromatic heterocycles. The lowest BCUT2D eigenvalue weighted by atomic mass is 10.0. The highest BCUT2D eigenvalue weighted by Gasteiger charge is 2.12. The highest BCUT2D eigenvalue weighted by atomic mass is 16.5. The van der Waals surface area contributed by atoms with Crippen molar-refractivity contribution < 1.29 is 18.9 Å². The van der Waals surface area contributed by atoms with Crippen molar-refractivity contribution in [2.45, 2.75) is 53.4 Å². The minimum atomic E-state index is 0.563. The van der Waals surface area contributed by atoms with Gasteiger partial charge in [-0.2, -0.15) is 0 Å². The summed E-state index contributed by atoms with van der Waals surface area (Å²) in [5, 5.41) is 0. The Bertz CT molecular complexity index is 943. The molecule has 33 heavy (non-hydrogen) atoms. The molecule has 0 spiro atoms. The molecule has 0 saturated carbocycles. The van der Waals surface area contributed by atoms with E-state index in [0.29, 0.717) is 5.92 Å². The summed E-state index contributed by atoms with van der Waals surface area (Å²) in [5.41, 5.74) is 3.94. The third-order valence-corrected chi connectivity index (χ3v) is 5.92. The second-order valence-electron chi connectivity index (χ2n) is 8.26. The number of unbranched alkanes of at least 4 members (excludes halogenated alkanes) is 1. The summed E-state index contributed by atoms with van der Waals surface area (Å²) in [6.07, 6.45) is 12.8. The van der Waals surface area contributed by atoms with Gasteiger partial charge in [0.1, 0.15) is 23.0 Å². The van der Waals surface area contributed by atoms with Crippen LogP contribution in [-0.4, -0.2) is 27.9 Å². The molecule has 0 bridgehead atoms. The van der Waals surface area contributed by atoms with Gasteiger partial charge in [-0.25, -0.2) is 0 Å². The molecule has 0 aliphatic carbocycles. The molecular weight excluding hydrogens is 412 g/mol. The van der Waals surface area contributed by atoms with Crippen LogP contribution in [0.2, 0.25) is 0 Å². The SMILES string of the molecule is CC=Cc1cc(OC)c(C=Cc2cc(OC)c(C)cc2OCC(CC)CCCC)cc1OC. The zero-order valence-corrected chi connectivity index (χ0v) is 21.4. The summed E-state index contributed by atoms with van der Waals surface area (Å²) >= 11 is 0. The third kappa shape index (κ3) is 7.31. The van der Waals surface area contributed by atoms with Crippen LogP contribution < -0.4 is 18.9 Å². The lowest BCUT2D eigenvalue weighted by Gasteiger charge is -2.18. The number of hydrogen-bond donors (Lipinski definition) is 0. The summed E-state index contributed by atoms with van der Waals surface area (Å²) < 4.78 is 23.2. The second kappa shape index (κ2) is 13.6. The van der Waals surface area contributed by atoms with Crippen molar-refractivity contribution in [2.75, 3.05) is 27.9 Å². The Labute approximate surface area is 200 Å². The van der Waals surface area contributed by atoms with E-state index in [1.165, 1.54) is 19.3 Å². The van der Waals surface area contributed by atoms with E-state index in [2.05, 4.69) is 26.0 Å². The van der Waals surface area contributed by atoms with E-state index in [0.717, 1.165) is 58.3 Å². The predicted molar refractivity (Wildman–Crippen MR) is 140 cm³/mol. The zero-order valence-electron chi connectivity index (χ0n) is 21.4. The number of aryl methyl sites for hydroxylation is 1. The standard InChI is InChI=1S/C29H40O4/c1-8-11-13-22(10-3)20-33-29-16-21(4)26(30-5)17-25(29)15-14-24-19-27(31-6)23(12-9-2)18-28(24)32-7/h9,12,14-19,22H,8,10-11,13,20H2,1-7H3. The minimum Gasteiger partial charge on any atom is -0.496 e. The molecule has 0 radical (unpaired) electrons. The van der Waals surface area contributed by atoms with Gasteiger partial charge >= 0.3 is 0 Å². The number of allylic oxidation sites excluding steroid dienone is 1. The van der Waals surface area contributed by atoms with Crippen LogP contribution in [-0.2, 0) is 0 Å². The van der Waals surface area contributed by atoms with Crippen molar-refractivity contribution >= 4 is 18.2 Å². The van der Waals surface area contributed by atoms with Crippen molar-refractivity contribution in [3.05, 3.63) is 52.6 Å². The molecule has 0 N–H and O–H groups in total. The van der Waals surface area contributed by atoms with Crippen LogP contribution in [0.3, 0.4) is 0 Å². The summed E-state index contributed by atoms with van der Waals surface area (Å²) in [6, 6.07) is 8.09. The lowest BCUT2D eigenvalue weighted by molar-refractivity contribution is 0.232. The molecule has 1 atom stereocenters. The summed E-state index contributed by atoms with van der Waals surface area (Å²) in [6.45, 7) is 9.22. The predicted octanol–water partition coefficient (Wildman–Crippen LogP) is 7.82. The van der Waals surface area contributed by atoms with Crippen LogP contribution in [0, 0.1) is 12.8 Å². The van der Waals surface area contributed by atoms with Gasteiger partial charge in [-0.3, -0.25) is 0 Å². The Morgan fingerprint density at radius 1 is 0.758 bits per heavy atom. The molecule has 0 heterocycles. The maximum absolute atomic E-state index is 6.34. The number of benzene rings is 2. The molecule has 4 heteroatoms. The Morgan fingerprint density at radius 3 is 1.82 bits per heavy atom. The molecule has 2 rings (SSSR count). The van der Waals surface area contributed by atoms with E-state index < -0.39 is 0 Å². The number of hydrogen-bond acceptors (Lipinski definition) is 4. The van der Waals surface area contributed by atoms with Crippen LogP contribution in [0.4, 0.5) is 0 Å². The molecule has 0 fully saturated rings. The Kier molecular flexibility index (Phi) is 10.9. The Morgan fingerprint density at radius 2 is 1.30 bits per heavy atom. The fourth-order valence-corrected chi connectivity index (χ4v) is 3.82. The highest BCUT2D eigenvalue weighted by molar-refractivity contribution is 5.78. The third-order valence-electron chi connectivity index (χ3n) is 5.92. The van der Waals surface area contributed by atoms with E-state index >= 15 is 0 Å². The monoisotopic (exact) mass is 452 g/mol.